The molecule has 0 fully saturated rings. The average molecular weight is 282 g/mol. The van der Waals surface area contributed by atoms with Crippen molar-refractivity contribution in [2.45, 2.75) is 20.4 Å². The molecule has 0 atom stereocenters. The van der Waals surface area contributed by atoms with Crippen LogP contribution in [0.3, 0.4) is 0 Å². The summed E-state index contributed by atoms with van der Waals surface area (Å²) in [6, 6.07) is 3.55. The van der Waals surface area contributed by atoms with E-state index in [4.69, 9.17) is 0 Å². The van der Waals surface area contributed by atoms with Crippen LogP contribution in [0.1, 0.15) is 18.9 Å². The molecular formula is C14H16F2N2S. The topological polar surface area (TPSA) is 24.9 Å². The predicted molar refractivity (Wildman–Crippen MR) is 74.0 cm³/mol. The number of thiazole rings is 1. The molecule has 0 aliphatic carbocycles. The SMILES string of the molecule is CC(C)CNCc1nc(-c2ccc(F)cc2F)cs1. The molecule has 0 radical (unpaired) electrons. The monoisotopic (exact) mass is 282 g/mol. The number of nitrogens with zero attached hydrogens (tertiary/aromatic N) is 1. The molecule has 0 aliphatic heterocycles. The largest absolute Gasteiger partial charge is 0.310 e. The van der Waals surface area contributed by atoms with Crippen LogP contribution in [0.5, 0.6) is 0 Å². The quantitative estimate of drug-likeness (QED) is 0.901. The summed E-state index contributed by atoms with van der Waals surface area (Å²) in [7, 11) is 0. The second kappa shape index (κ2) is 6.21. The second-order valence-corrected chi connectivity index (χ2v) is 5.72. The Balaban J connectivity index is 2.08. The highest BCUT2D eigenvalue weighted by Gasteiger charge is 2.10. The molecule has 0 saturated heterocycles. The Bertz CT molecular complexity index is 552. The zero-order valence-electron chi connectivity index (χ0n) is 10.9. The normalized spacial score (nSPS) is 11.2. The summed E-state index contributed by atoms with van der Waals surface area (Å²) >= 11 is 1.47. The number of hydrogen-bond acceptors (Lipinski definition) is 3. The Hall–Kier alpha value is -1.33. The maximum absolute atomic E-state index is 13.6. The number of benzene rings is 1. The van der Waals surface area contributed by atoms with Crippen LogP contribution < -0.4 is 5.32 Å². The predicted octanol–water partition coefficient (Wildman–Crippen LogP) is 3.83. The summed E-state index contributed by atoms with van der Waals surface area (Å²) in [4.78, 5) is 4.36. The minimum atomic E-state index is -0.577. The van der Waals surface area contributed by atoms with E-state index in [2.05, 4.69) is 24.1 Å². The van der Waals surface area contributed by atoms with E-state index in [1.165, 1.54) is 23.5 Å². The Kier molecular flexibility index (Phi) is 4.61. The first-order valence-electron chi connectivity index (χ1n) is 6.17. The van der Waals surface area contributed by atoms with Crippen LogP contribution >= 0.6 is 11.3 Å². The lowest BCUT2D eigenvalue weighted by molar-refractivity contribution is 0.551. The van der Waals surface area contributed by atoms with Crippen molar-refractivity contribution in [3.8, 4) is 11.3 Å². The van der Waals surface area contributed by atoms with E-state index in [9.17, 15) is 8.78 Å². The fourth-order valence-corrected chi connectivity index (χ4v) is 2.44. The molecule has 2 nitrogen and oxygen atoms in total. The maximum Gasteiger partial charge on any atom is 0.135 e. The Morgan fingerprint density at radius 2 is 2.11 bits per heavy atom. The lowest BCUT2D eigenvalue weighted by Crippen LogP contribution is -2.18. The van der Waals surface area contributed by atoms with Crippen LogP contribution in [-0.2, 0) is 6.54 Å². The molecule has 1 heterocycles. The van der Waals surface area contributed by atoms with Gasteiger partial charge in [-0.15, -0.1) is 11.3 Å². The van der Waals surface area contributed by atoms with Gasteiger partial charge in [0.1, 0.15) is 16.6 Å². The number of rotatable bonds is 5. The molecule has 0 bridgehead atoms. The summed E-state index contributed by atoms with van der Waals surface area (Å²) < 4.78 is 26.5. The van der Waals surface area contributed by atoms with Gasteiger partial charge in [-0.1, -0.05) is 13.8 Å². The summed E-state index contributed by atoms with van der Waals surface area (Å²) in [5.74, 6) is -0.573. The zero-order chi connectivity index (χ0) is 13.8. The highest BCUT2D eigenvalue weighted by Crippen LogP contribution is 2.25. The number of hydrogen-bond donors (Lipinski definition) is 1. The minimum absolute atomic E-state index is 0.341. The van der Waals surface area contributed by atoms with Crippen molar-refractivity contribution in [3.05, 3.63) is 40.2 Å². The minimum Gasteiger partial charge on any atom is -0.310 e. The van der Waals surface area contributed by atoms with Gasteiger partial charge >= 0.3 is 0 Å². The van der Waals surface area contributed by atoms with Crippen molar-refractivity contribution in [1.82, 2.24) is 10.3 Å². The van der Waals surface area contributed by atoms with Crippen molar-refractivity contribution in [1.29, 1.82) is 0 Å². The molecule has 0 amide bonds. The lowest BCUT2D eigenvalue weighted by atomic mass is 10.1. The first kappa shape index (κ1) is 14.1. The molecule has 0 saturated carbocycles. The average Bonchev–Trinajstić information content (AvgIpc) is 2.77. The van der Waals surface area contributed by atoms with Crippen LogP contribution in [0.4, 0.5) is 8.78 Å². The summed E-state index contributed by atoms with van der Waals surface area (Å²) in [6.07, 6.45) is 0. The lowest BCUT2D eigenvalue weighted by Gasteiger charge is -2.04. The van der Waals surface area contributed by atoms with Crippen molar-refractivity contribution < 1.29 is 8.78 Å². The zero-order valence-corrected chi connectivity index (χ0v) is 11.7. The Morgan fingerprint density at radius 3 is 2.79 bits per heavy atom. The van der Waals surface area contributed by atoms with Gasteiger partial charge in [-0.05, 0) is 24.6 Å². The van der Waals surface area contributed by atoms with E-state index in [-0.39, 0.29) is 0 Å². The number of nitrogens with one attached hydrogen (secondary N) is 1. The third kappa shape index (κ3) is 3.81. The molecule has 2 rings (SSSR count). The van der Waals surface area contributed by atoms with Gasteiger partial charge in [-0.3, -0.25) is 0 Å². The van der Waals surface area contributed by atoms with Gasteiger partial charge in [-0.25, -0.2) is 13.8 Å². The fourth-order valence-electron chi connectivity index (χ4n) is 1.68. The van der Waals surface area contributed by atoms with E-state index >= 15 is 0 Å². The van der Waals surface area contributed by atoms with Crippen LogP contribution in [0.15, 0.2) is 23.6 Å². The Morgan fingerprint density at radius 1 is 1.32 bits per heavy atom. The molecule has 19 heavy (non-hydrogen) atoms. The molecule has 5 heteroatoms. The highest BCUT2D eigenvalue weighted by atomic mass is 32.1. The van der Waals surface area contributed by atoms with Gasteiger partial charge < -0.3 is 5.32 Å². The molecule has 1 aromatic carbocycles. The third-order valence-electron chi connectivity index (χ3n) is 2.59. The van der Waals surface area contributed by atoms with E-state index in [0.29, 0.717) is 23.7 Å². The molecule has 1 N–H and O–H groups in total. The molecule has 1 aromatic heterocycles. The van der Waals surface area contributed by atoms with E-state index in [1.54, 1.807) is 5.38 Å². The smallest absolute Gasteiger partial charge is 0.135 e. The molecular weight excluding hydrogens is 266 g/mol. The Labute approximate surface area is 115 Å². The van der Waals surface area contributed by atoms with Crippen molar-refractivity contribution in [2.75, 3.05) is 6.54 Å². The molecule has 0 unspecified atom stereocenters. The van der Waals surface area contributed by atoms with E-state index in [1.807, 2.05) is 0 Å². The van der Waals surface area contributed by atoms with Gasteiger partial charge in [0.05, 0.1) is 5.69 Å². The highest BCUT2D eigenvalue weighted by molar-refractivity contribution is 7.09. The van der Waals surface area contributed by atoms with E-state index in [0.717, 1.165) is 17.6 Å². The van der Waals surface area contributed by atoms with Crippen LogP contribution in [0.25, 0.3) is 11.3 Å². The van der Waals surface area contributed by atoms with Crippen molar-refractivity contribution in [2.24, 2.45) is 5.92 Å². The number of halogens is 2. The van der Waals surface area contributed by atoms with Crippen molar-refractivity contribution in [3.63, 3.8) is 0 Å². The van der Waals surface area contributed by atoms with Gasteiger partial charge in [0, 0.05) is 23.6 Å². The first-order valence-corrected chi connectivity index (χ1v) is 7.04. The van der Waals surface area contributed by atoms with Gasteiger partial charge in [-0.2, -0.15) is 0 Å². The summed E-state index contributed by atoms with van der Waals surface area (Å²) in [5.41, 5.74) is 0.900. The van der Waals surface area contributed by atoms with Gasteiger partial charge in [0.25, 0.3) is 0 Å². The van der Waals surface area contributed by atoms with Gasteiger partial charge in [0.15, 0.2) is 0 Å². The molecule has 2 aromatic rings. The molecule has 0 spiro atoms. The standard InChI is InChI=1S/C14H16F2N2S/c1-9(2)6-17-7-14-18-13(8-19-14)11-4-3-10(15)5-12(11)16/h3-5,8-9,17H,6-7H2,1-2H3. The van der Waals surface area contributed by atoms with Gasteiger partial charge in [0.2, 0.25) is 0 Å². The van der Waals surface area contributed by atoms with Crippen molar-refractivity contribution >= 4 is 11.3 Å². The first-order chi connectivity index (χ1) is 9.06. The number of aromatic nitrogens is 1. The maximum atomic E-state index is 13.6. The molecule has 102 valence electrons. The molecule has 0 aliphatic rings. The summed E-state index contributed by atoms with van der Waals surface area (Å²) in [5, 5.41) is 5.98. The van der Waals surface area contributed by atoms with Crippen LogP contribution in [-0.4, -0.2) is 11.5 Å². The van der Waals surface area contributed by atoms with E-state index < -0.39 is 11.6 Å². The fraction of sp³-hybridized carbons (Fsp3) is 0.357. The summed E-state index contributed by atoms with van der Waals surface area (Å²) in [6.45, 7) is 5.85. The third-order valence-corrected chi connectivity index (χ3v) is 3.44. The van der Waals surface area contributed by atoms with Crippen LogP contribution in [0, 0.1) is 17.6 Å². The van der Waals surface area contributed by atoms with Crippen LogP contribution in [0.2, 0.25) is 0 Å². The second-order valence-electron chi connectivity index (χ2n) is 4.78.